The monoisotopic (exact) mass is 360 g/mol. The van der Waals surface area contributed by atoms with Gasteiger partial charge in [0.1, 0.15) is 5.69 Å². The summed E-state index contributed by atoms with van der Waals surface area (Å²) in [5.41, 5.74) is 1.47. The second-order valence-electron chi connectivity index (χ2n) is 7.68. The van der Waals surface area contributed by atoms with E-state index in [2.05, 4.69) is 17.2 Å². The number of likely N-dealkylation sites (tertiary alicyclic amines) is 1. The molecule has 0 radical (unpaired) electrons. The van der Waals surface area contributed by atoms with Crippen LogP contribution in [0.1, 0.15) is 92.5 Å². The molecule has 3 rings (SSSR count). The second-order valence-corrected chi connectivity index (χ2v) is 7.68. The molecule has 0 aromatic carbocycles. The summed E-state index contributed by atoms with van der Waals surface area (Å²) in [7, 11) is 0. The number of carbonyl (C=O) groups is 2. The van der Waals surface area contributed by atoms with Crippen LogP contribution in [0.5, 0.6) is 0 Å². The Balaban J connectivity index is 1.92. The molecule has 1 aromatic rings. The number of amides is 2. The van der Waals surface area contributed by atoms with Crippen molar-refractivity contribution in [1.29, 1.82) is 0 Å². The minimum Gasteiger partial charge on any atom is -0.347 e. The van der Waals surface area contributed by atoms with Crippen LogP contribution >= 0.6 is 0 Å². The zero-order valence-electron chi connectivity index (χ0n) is 16.4. The van der Waals surface area contributed by atoms with Gasteiger partial charge < -0.3 is 14.8 Å². The van der Waals surface area contributed by atoms with Crippen LogP contribution in [0.25, 0.3) is 0 Å². The van der Waals surface area contributed by atoms with Crippen molar-refractivity contribution in [2.75, 3.05) is 6.54 Å². The summed E-state index contributed by atoms with van der Waals surface area (Å²) in [6.07, 6.45) is 8.07. The summed E-state index contributed by atoms with van der Waals surface area (Å²) < 4.78 is 1.99. The molecule has 6 nitrogen and oxygen atoms in total. The third-order valence-corrected chi connectivity index (χ3v) is 5.87. The fourth-order valence-corrected chi connectivity index (χ4v) is 4.11. The number of rotatable bonds is 5. The molecular weight excluding hydrogens is 328 g/mol. The zero-order valence-corrected chi connectivity index (χ0v) is 16.4. The maximum Gasteiger partial charge on any atom is 0.287 e. The smallest absolute Gasteiger partial charge is 0.287 e. The molecule has 2 unspecified atom stereocenters. The number of nitrogens with one attached hydrogen (secondary N) is 1. The lowest BCUT2D eigenvalue weighted by atomic mass is 9.99. The lowest BCUT2D eigenvalue weighted by Crippen LogP contribution is -2.44. The average Bonchev–Trinajstić information content (AvgIpc) is 3.07. The van der Waals surface area contributed by atoms with E-state index in [0.717, 1.165) is 63.7 Å². The van der Waals surface area contributed by atoms with Crippen molar-refractivity contribution >= 4 is 11.8 Å². The second kappa shape index (κ2) is 8.23. The minimum atomic E-state index is -0.160. The van der Waals surface area contributed by atoms with Gasteiger partial charge in [-0.25, -0.2) is 4.98 Å². The summed E-state index contributed by atoms with van der Waals surface area (Å²) in [5.74, 6) is 0.269. The quantitative estimate of drug-likeness (QED) is 0.877. The molecule has 2 aliphatic rings. The van der Waals surface area contributed by atoms with Crippen LogP contribution in [0.2, 0.25) is 0 Å². The van der Waals surface area contributed by atoms with Crippen LogP contribution in [-0.4, -0.2) is 44.9 Å². The molecule has 0 saturated carbocycles. The van der Waals surface area contributed by atoms with Gasteiger partial charge in [0.25, 0.3) is 11.8 Å². The molecule has 1 saturated heterocycles. The van der Waals surface area contributed by atoms with E-state index in [4.69, 9.17) is 0 Å². The largest absolute Gasteiger partial charge is 0.347 e. The van der Waals surface area contributed by atoms with Crippen LogP contribution < -0.4 is 5.32 Å². The first-order valence-corrected chi connectivity index (χ1v) is 10.3. The van der Waals surface area contributed by atoms with Gasteiger partial charge in [-0.05, 0) is 58.3 Å². The molecule has 0 spiro atoms. The zero-order chi connectivity index (χ0) is 18.7. The van der Waals surface area contributed by atoms with Crippen molar-refractivity contribution < 1.29 is 9.59 Å². The molecule has 0 aliphatic carbocycles. The Labute approximate surface area is 156 Å². The van der Waals surface area contributed by atoms with Crippen LogP contribution in [0.3, 0.4) is 0 Å². The molecule has 1 fully saturated rings. The topological polar surface area (TPSA) is 67.2 Å². The number of aromatic nitrogens is 2. The lowest BCUT2D eigenvalue weighted by Gasteiger charge is -2.35. The Kier molecular flexibility index (Phi) is 5.99. The Morgan fingerprint density at radius 3 is 2.69 bits per heavy atom. The molecule has 2 amide bonds. The fraction of sp³-hybridized carbons (Fsp3) is 0.750. The molecule has 2 atom stereocenters. The van der Waals surface area contributed by atoms with Gasteiger partial charge in [-0.15, -0.1) is 0 Å². The van der Waals surface area contributed by atoms with Gasteiger partial charge in [-0.3, -0.25) is 9.59 Å². The van der Waals surface area contributed by atoms with E-state index >= 15 is 0 Å². The number of piperidine rings is 1. The van der Waals surface area contributed by atoms with E-state index in [9.17, 15) is 9.59 Å². The minimum absolute atomic E-state index is 0.0183. The fourth-order valence-electron chi connectivity index (χ4n) is 4.11. The van der Waals surface area contributed by atoms with Crippen molar-refractivity contribution in [2.45, 2.75) is 90.8 Å². The Hall–Kier alpha value is -1.85. The number of imidazole rings is 1. The van der Waals surface area contributed by atoms with E-state index < -0.39 is 0 Å². The van der Waals surface area contributed by atoms with Gasteiger partial charge in [0.05, 0.1) is 5.69 Å². The van der Waals surface area contributed by atoms with E-state index in [1.807, 2.05) is 23.3 Å². The van der Waals surface area contributed by atoms with E-state index in [1.54, 1.807) is 0 Å². The molecule has 26 heavy (non-hydrogen) atoms. The number of fused-ring (bicyclic) bond motifs is 1. The predicted octanol–water partition coefficient (Wildman–Crippen LogP) is 3.15. The first-order valence-electron chi connectivity index (χ1n) is 10.3. The molecular formula is C20H32N4O2. The van der Waals surface area contributed by atoms with Gasteiger partial charge in [-0.1, -0.05) is 13.8 Å². The molecule has 144 valence electrons. The Morgan fingerprint density at radius 1 is 1.19 bits per heavy atom. The highest BCUT2D eigenvalue weighted by atomic mass is 16.2. The molecule has 0 bridgehead atoms. The first-order chi connectivity index (χ1) is 12.6. The van der Waals surface area contributed by atoms with Gasteiger partial charge in [0.2, 0.25) is 0 Å². The van der Waals surface area contributed by atoms with Crippen molar-refractivity contribution in [2.24, 2.45) is 0 Å². The van der Waals surface area contributed by atoms with Gasteiger partial charge in [0.15, 0.2) is 5.82 Å². The van der Waals surface area contributed by atoms with Crippen molar-refractivity contribution in [1.82, 2.24) is 19.8 Å². The van der Waals surface area contributed by atoms with Gasteiger partial charge in [-0.2, -0.15) is 0 Å². The summed E-state index contributed by atoms with van der Waals surface area (Å²) >= 11 is 0. The highest BCUT2D eigenvalue weighted by Gasteiger charge is 2.33. The van der Waals surface area contributed by atoms with Crippen LogP contribution in [0, 0.1) is 0 Å². The highest BCUT2D eigenvalue weighted by Crippen LogP contribution is 2.26. The first kappa shape index (κ1) is 18.9. The number of hydrogen-bond acceptors (Lipinski definition) is 3. The molecule has 6 heteroatoms. The third-order valence-electron chi connectivity index (χ3n) is 5.87. The predicted molar refractivity (Wildman–Crippen MR) is 101 cm³/mol. The lowest BCUT2D eigenvalue weighted by molar-refractivity contribution is 0.0600. The maximum atomic E-state index is 13.3. The molecule has 3 heterocycles. The van der Waals surface area contributed by atoms with Gasteiger partial charge >= 0.3 is 0 Å². The molecule has 2 aliphatic heterocycles. The van der Waals surface area contributed by atoms with E-state index in [0.29, 0.717) is 17.6 Å². The van der Waals surface area contributed by atoms with Crippen LogP contribution in [-0.2, 0) is 13.0 Å². The highest BCUT2D eigenvalue weighted by molar-refractivity contribution is 5.97. The van der Waals surface area contributed by atoms with Crippen LogP contribution in [0.4, 0.5) is 0 Å². The van der Waals surface area contributed by atoms with E-state index in [-0.39, 0.29) is 17.9 Å². The Bertz CT molecular complexity index is 667. The SMILES string of the molecule is CCC(C)NC(=O)c1nc(C(=O)N2CCCCC2CC)c2n1CCCC2. The summed E-state index contributed by atoms with van der Waals surface area (Å²) in [6, 6.07) is 0.402. The summed E-state index contributed by atoms with van der Waals surface area (Å²) in [5, 5.41) is 3.00. The molecule has 1 N–H and O–H groups in total. The third kappa shape index (κ3) is 3.64. The normalized spacial score (nSPS) is 21.2. The number of hydrogen-bond donors (Lipinski definition) is 1. The maximum absolute atomic E-state index is 13.3. The van der Waals surface area contributed by atoms with Gasteiger partial charge in [0, 0.05) is 25.2 Å². The Morgan fingerprint density at radius 2 is 1.96 bits per heavy atom. The summed E-state index contributed by atoms with van der Waals surface area (Å²) in [4.78, 5) is 32.6. The summed E-state index contributed by atoms with van der Waals surface area (Å²) in [6.45, 7) is 7.75. The van der Waals surface area contributed by atoms with Crippen molar-refractivity contribution in [3.63, 3.8) is 0 Å². The molecule has 1 aromatic heterocycles. The van der Waals surface area contributed by atoms with Crippen molar-refractivity contribution in [3.05, 3.63) is 17.2 Å². The standard InChI is InChI=1S/C20H32N4O2/c1-4-14(3)21-19(25)18-22-17(16-11-7-9-13-24(16)18)20(26)23-12-8-6-10-15(23)5-2/h14-15H,4-13H2,1-3H3,(H,21,25). The van der Waals surface area contributed by atoms with Crippen molar-refractivity contribution in [3.8, 4) is 0 Å². The number of carbonyl (C=O) groups excluding carboxylic acids is 2. The van der Waals surface area contributed by atoms with Crippen LogP contribution in [0.15, 0.2) is 0 Å². The average molecular weight is 361 g/mol. The number of nitrogens with zero attached hydrogens (tertiary/aromatic N) is 3. The van der Waals surface area contributed by atoms with E-state index in [1.165, 1.54) is 6.42 Å².